The number of fused-ring (bicyclic) bond motifs is 1. The van der Waals surface area contributed by atoms with Gasteiger partial charge in [0.2, 0.25) is 0 Å². The Labute approximate surface area is 110 Å². The zero-order valence-corrected chi connectivity index (χ0v) is 10.8. The van der Waals surface area contributed by atoms with Crippen molar-refractivity contribution in [3.8, 4) is 0 Å². The number of halogens is 5. The van der Waals surface area contributed by atoms with Gasteiger partial charge in [-0.25, -0.2) is 0 Å². The van der Waals surface area contributed by atoms with E-state index >= 15 is 0 Å². The summed E-state index contributed by atoms with van der Waals surface area (Å²) in [7, 11) is 0. The first-order valence-electron chi connectivity index (χ1n) is 4.79. The van der Waals surface area contributed by atoms with Crippen LogP contribution in [0.5, 0.6) is 0 Å². The van der Waals surface area contributed by atoms with E-state index in [4.69, 9.17) is 11.6 Å². The molecule has 0 N–H and O–H groups in total. The molecular weight excluding hydrogens is 316 g/mol. The first-order chi connectivity index (χ1) is 7.91. The van der Waals surface area contributed by atoms with Gasteiger partial charge in [0.1, 0.15) is 0 Å². The van der Waals surface area contributed by atoms with Crippen LogP contribution in [0.4, 0.5) is 13.2 Å². The van der Waals surface area contributed by atoms with Crippen LogP contribution in [0.15, 0.2) is 40.9 Å². The van der Waals surface area contributed by atoms with Gasteiger partial charge in [0, 0.05) is 4.47 Å². The molecule has 0 fully saturated rings. The Hall–Kier alpha value is -0.740. The molecule has 0 aliphatic heterocycles. The summed E-state index contributed by atoms with van der Waals surface area (Å²) in [5.41, 5.74) is 0.0815. The van der Waals surface area contributed by atoms with E-state index in [9.17, 15) is 13.2 Å². The molecule has 0 saturated carbocycles. The lowest BCUT2D eigenvalue weighted by Crippen LogP contribution is -2.15. The molecule has 2 aromatic rings. The molecule has 5 heteroatoms. The second kappa shape index (κ2) is 4.50. The predicted octanol–water partition coefficient (Wildman–Crippen LogP) is 5.44. The lowest BCUT2D eigenvalue weighted by Gasteiger charge is -2.16. The monoisotopic (exact) mass is 322 g/mol. The SMILES string of the molecule is FC(F)(F)C(Cl)c1ccc(Br)c2ccccc12. The van der Waals surface area contributed by atoms with Crippen molar-refractivity contribution in [3.63, 3.8) is 0 Å². The Bertz CT molecular complexity index is 551. The van der Waals surface area contributed by atoms with Gasteiger partial charge >= 0.3 is 6.18 Å². The summed E-state index contributed by atoms with van der Waals surface area (Å²) in [6.45, 7) is 0. The molecule has 17 heavy (non-hydrogen) atoms. The van der Waals surface area contributed by atoms with Crippen LogP contribution in [0.3, 0.4) is 0 Å². The molecule has 0 amide bonds. The largest absolute Gasteiger partial charge is 0.408 e. The highest BCUT2D eigenvalue weighted by Gasteiger charge is 2.40. The smallest absolute Gasteiger partial charge is 0.169 e. The van der Waals surface area contributed by atoms with Crippen molar-refractivity contribution in [3.05, 3.63) is 46.4 Å². The van der Waals surface area contributed by atoms with Crippen LogP contribution in [0.25, 0.3) is 10.8 Å². The zero-order chi connectivity index (χ0) is 12.6. The minimum atomic E-state index is -4.45. The van der Waals surface area contributed by atoms with E-state index in [2.05, 4.69) is 15.9 Å². The minimum Gasteiger partial charge on any atom is -0.169 e. The summed E-state index contributed by atoms with van der Waals surface area (Å²) >= 11 is 8.78. The van der Waals surface area contributed by atoms with Gasteiger partial charge < -0.3 is 0 Å². The fourth-order valence-electron chi connectivity index (χ4n) is 1.68. The highest BCUT2D eigenvalue weighted by Crippen LogP contribution is 2.42. The van der Waals surface area contributed by atoms with Crippen molar-refractivity contribution in [2.24, 2.45) is 0 Å². The molecule has 2 rings (SSSR count). The third-order valence-corrected chi connectivity index (χ3v) is 3.64. The lowest BCUT2D eigenvalue weighted by molar-refractivity contribution is -0.131. The van der Waals surface area contributed by atoms with Crippen LogP contribution in [0.2, 0.25) is 0 Å². The van der Waals surface area contributed by atoms with Crippen molar-refractivity contribution in [1.82, 2.24) is 0 Å². The number of hydrogen-bond donors (Lipinski definition) is 0. The summed E-state index contributed by atoms with van der Waals surface area (Å²) in [6.07, 6.45) is -4.45. The third-order valence-electron chi connectivity index (χ3n) is 2.47. The highest BCUT2D eigenvalue weighted by molar-refractivity contribution is 9.10. The zero-order valence-electron chi connectivity index (χ0n) is 8.43. The summed E-state index contributed by atoms with van der Waals surface area (Å²) < 4.78 is 38.6. The first kappa shape index (κ1) is 12.7. The van der Waals surface area contributed by atoms with E-state index in [1.54, 1.807) is 30.3 Å². The van der Waals surface area contributed by atoms with Crippen molar-refractivity contribution >= 4 is 38.3 Å². The Morgan fingerprint density at radius 2 is 1.59 bits per heavy atom. The number of alkyl halides is 4. The van der Waals surface area contributed by atoms with E-state index < -0.39 is 11.6 Å². The summed E-state index contributed by atoms with van der Waals surface area (Å²) in [5.74, 6) is 0. The van der Waals surface area contributed by atoms with E-state index in [0.29, 0.717) is 5.39 Å². The van der Waals surface area contributed by atoms with E-state index in [1.807, 2.05) is 0 Å². The second-order valence-electron chi connectivity index (χ2n) is 3.59. The van der Waals surface area contributed by atoms with Gasteiger partial charge in [0.25, 0.3) is 0 Å². The van der Waals surface area contributed by atoms with Crippen LogP contribution in [0.1, 0.15) is 10.9 Å². The van der Waals surface area contributed by atoms with Crippen LogP contribution in [-0.2, 0) is 0 Å². The number of rotatable bonds is 1. The molecule has 0 radical (unpaired) electrons. The van der Waals surface area contributed by atoms with Gasteiger partial charge in [-0.05, 0) is 22.4 Å². The molecule has 0 aromatic heterocycles. The molecule has 90 valence electrons. The quantitative estimate of drug-likeness (QED) is 0.613. The fourth-order valence-corrected chi connectivity index (χ4v) is 2.35. The van der Waals surface area contributed by atoms with Crippen LogP contribution in [0, 0.1) is 0 Å². The molecule has 0 aliphatic rings. The molecular formula is C12H7BrClF3. The summed E-state index contributed by atoms with van der Waals surface area (Å²) in [5, 5.41) is -0.750. The Balaban J connectivity index is 2.67. The normalized spacial score (nSPS) is 13.9. The maximum Gasteiger partial charge on any atom is 0.408 e. The first-order valence-corrected chi connectivity index (χ1v) is 6.02. The molecule has 0 heterocycles. The molecule has 0 nitrogen and oxygen atoms in total. The summed E-state index contributed by atoms with van der Waals surface area (Å²) in [4.78, 5) is 0. The van der Waals surface area contributed by atoms with Crippen molar-refractivity contribution in [2.75, 3.05) is 0 Å². The van der Waals surface area contributed by atoms with Crippen LogP contribution in [-0.4, -0.2) is 6.18 Å². The van der Waals surface area contributed by atoms with Gasteiger partial charge in [-0.15, -0.1) is 11.6 Å². The van der Waals surface area contributed by atoms with Crippen LogP contribution < -0.4 is 0 Å². The Morgan fingerprint density at radius 3 is 2.18 bits per heavy atom. The molecule has 0 saturated heterocycles. The average molecular weight is 324 g/mol. The fraction of sp³-hybridized carbons (Fsp3) is 0.167. The van der Waals surface area contributed by atoms with Gasteiger partial charge in [0.15, 0.2) is 5.38 Å². The molecule has 0 spiro atoms. The molecule has 0 bridgehead atoms. The van der Waals surface area contributed by atoms with E-state index in [1.165, 1.54) is 6.07 Å². The maximum absolute atomic E-state index is 12.6. The Kier molecular flexibility index (Phi) is 3.36. The molecule has 2 aromatic carbocycles. The number of hydrogen-bond acceptors (Lipinski definition) is 0. The average Bonchev–Trinajstić information content (AvgIpc) is 2.28. The van der Waals surface area contributed by atoms with Gasteiger partial charge in [-0.2, -0.15) is 13.2 Å². The molecule has 1 atom stereocenters. The number of benzene rings is 2. The summed E-state index contributed by atoms with van der Waals surface area (Å²) in [6, 6.07) is 9.84. The standard InChI is InChI=1S/C12H7BrClF3/c13-10-6-5-9(11(14)12(15,16)17)7-3-1-2-4-8(7)10/h1-6,11H. The van der Waals surface area contributed by atoms with Crippen LogP contribution >= 0.6 is 27.5 Å². The van der Waals surface area contributed by atoms with Crippen molar-refractivity contribution in [2.45, 2.75) is 11.6 Å². The second-order valence-corrected chi connectivity index (χ2v) is 4.88. The predicted molar refractivity (Wildman–Crippen MR) is 66.3 cm³/mol. The van der Waals surface area contributed by atoms with E-state index in [0.717, 1.165) is 9.86 Å². The van der Waals surface area contributed by atoms with E-state index in [-0.39, 0.29) is 5.56 Å². The van der Waals surface area contributed by atoms with Gasteiger partial charge in [0.05, 0.1) is 0 Å². The highest BCUT2D eigenvalue weighted by atomic mass is 79.9. The topological polar surface area (TPSA) is 0 Å². The lowest BCUT2D eigenvalue weighted by atomic mass is 10.0. The Morgan fingerprint density at radius 1 is 1.00 bits per heavy atom. The third kappa shape index (κ3) is 2.43. The minimum absolute atomic E-state index is 0.0815. The maximum atomic E-state index is 12.6. The molecule has 0 aliphatic carbocycles. The van der Waals surface area contributed by atoms with Gasteiger partial charge in [-0.1, -0.05) is 46.3 Å². The van der Waals surface area contributed by atoms with Gasteiger partial charge in [-0.3, -0.25) is 0 Å². The van der Waals surface area contributed by atoms with Crippen molar-refractivity contribution < 1.29 is 13.2 Å². The molecule has 1 unspecified atom stereocenters. The van der Waals surface area contributed by atoms with Crippen molar-refractivity contribution in [1.29, 1.82) is 0 Å².